The molecule has 0 unspecified atom stereocenters. The molecule has 0 bridgehead atoms. The number of fused-ring (bicyclic) bond motifs is 2. The third kappa shape index (κ3) is 8.60. The number of para-hydroxylation sites is 1. The van der Waals surface area contributed by atoms with Crippen LogP contribution in [-0.4, -0.2) is 103 Å². The molecule has 1 aliphatic rings. The SMILES string of the molecule is CN(C)CCCNC(=O)c1ccc(NCCCN(C)CCCN2C(=O)c3cccc4cc([N+](=O)[O-])cc(c34)C2=O)c2c(=O)c3ccccc3[nH]c12.Cl.Cl. The lowest BCUT2D eigenvalue weighted by atomic mass is 9.93. The molecule has 53 heavy (non-hydrogen) atoms. The largest absolute Gasteiger partial charge is 0.384 e. The maximum Gasteiger partial charge on any atom is 0.270 e. The number of hydrogen-bond donors (Lipinski definition) is 3. The molecule has 1 aromatic heterocycles. The van der Waals surface area contributed by atoms with E-state index in [9.17, 15) is 29.3 Å². The number of carbonyl (C=O) groups excluding carboxylic acids is 3. The van der Waals surface area contributed by atoms with Gasteiger partial charge < -0.3 is 25.4 Å². The van der Waals surface area contributed by atoms with E-state index in [1.807, 2.05) is 39.3 Å². The predicted molar refractivity (Wildman–Crippen MR) is 213 cm³/mol. The first kappa shape index (κ1) is 40.7. The third-order valence-corrected chi connectivity index (χ3v) is 9.25. The van der Waals surface area contributed by atoms with Crippen molar-refractivity contribution in [3.63, 3.8) is 0 Å². The van der Waals surface area contributed by atoms with E-state index in [4.69, 9.17) is 0 Å². The number of rotatable bonds is 15. The summed E-state index contributed by atoms with van der Waals surface area (Å²) in [5.74, 6) is -1.17. The van der Waals surface area contributed by atoms with Crippen LogP contribution in [0.4, 0.5) is 11.4 Å². The number of anilines is 1. The number of nitro benzene ring substituents is 1. The summed E-state index contributed by atoms with van der Waals surface area (Å²) in [6.07, 6.45) is 2.06. The van der Waals surface area contributed by atoms with Gasteiger partial charge in [-0.2, -0.15) is 0 Å². The lowest BCUT2D eigenvalue weighted by molar-refractivity contribution is -0.384. The van der Waals surface area contributed by atoms with E-state index in [1.54, 1.807) is 36.4 Å². The highest BCUT2D eigenvalue weighted by molar-refractivity contribution is 6.25. The molecule has 3 N–H and O–H groups in total. The molecular formula is C38H43Cl2N7O6. The number of nitro groups is 1. The maximum absolute atomic E-state index is 13.7. The number of halogens is 2. The van der Waals surface area contributed by atoms with Crippen LogP contribution in [0.5, 0.6) is 0 Å². The van der Waals surface area contributed by atoms with Gasteiger partial charge in [0.15, 0.2) is 5.43 Å². The molecule has 5 aromatic rings. The van der Waals surface area contributed by atoms with E-state index >= 15 is 0 Å². The number of amides is 3. The van der Waals surface area contributed by atoms with Gasteiger partial charge in [0, 0.05) is 59.3 Å². The molecule has 2 heterocycles. The number of aromatic nitrogens is 1. The fraction of sp³-hybridized carbons (Fsp3) is 0.316. The Kier molecular flexibility index (Phi) is 13.5. The standard InChI is InChI=1S/C38H41N7O6.2ClH/c1-42(2)18-7-17-40-36(47)28-14-15-31(33-34(28)41-30-13-5-4-11-26(30)35(33)46)39-16-8-19-43(3)20-9-21-44-37(48)27-12-6-10-24-22-25(45(50)51)23-29(32(24)27)38(44)49;;/h4-6,10-15,22-23,39H,7-9,16-21H2,1-3H3,(H,40,47)(H,41,46);2*1H. The van der Waals surface area contributed by atoms with Crippen molar-refractivity contribution in [2.75, 3.05) is 65.7 Å². The number of non-ortho nitro benzene ring substituents is 1. The van der Waals surface area contributed by atoms with Gasteiger partial charge >= 0.3 is 0 Å². The van der Waals surface area contributed by atoms with Crippen LogP contribution in [0, 0.1) is 10.1 Å². The Morgan fingerprint density at radius 1 is 0.830 bits per heavy atom. The van der Waals surface area contributed by atoms with Crippen LogP contribution >= 0.6 is 24.8 Å². The first-order chi connectivity index (χ1) is 24.5. The summed E-state index contributed by atoms with van der Waals surface area (Å²) in [5.41, 5.74) is 2.38. The van der Waals surface area contributed by atoms with Gasteiger partial charge in [-0.15, -0.1) is 24.8 Å². The van der Waals surface area contributed by atoms with Crippen LogP contribution in [0.25, 0.3) is 32.6 Å². The summed E-state index contributed by atoms with van der Waals surface area (Å²) in [7, 11) is 5.92. The number of hydrogen-bond acceptors (Lipinski definition) is 9. The summed E-state index contributed by atoms with van der Waals surface area (Å²) in [6, 6.07) is 18.4. The molecule has 0 spiro atoms. The molecule has 4 aromatic carbocycles. The molecule has 0 saturated heterocycles. The highest BCUT2D eigenvalue weighted by atomic mass is 35.5. The molecule has 1 aliphatic heterocycles. The number of nitrogens with one attached hydrogen (secondary N) is 3. The molecule has 15 heteroatoms. The first-order valence-corrected chi connectivity index (χ1v) is 17.1. The van der Waals surface area contributed by atoms with Gasteiger partial charge in [-0.25, -0.2) is 0 Å². The van der Waals surface area contributed by atoms with E-state index in [1.165, 1.54) is 17.0 Å². The molecule has 280 valence electrons. The lowest BCUT2D eigenvalue weighted by Crippen LogP contribution is -2.41. The zero-order valence-electron chi connectivity index (χ0n) is 29.8. The third-order valence-electron chi connectivity index (χ3n) is 9.25. The van der Waals surface area contributed by atoms with Crippen molar-refractivity contribution in [1.82, 2.24) is 25.0 Å². The van der Waals surface area contributed by atoms with Gasteiger partial charge in [0.2, 0.25) is 0 Å². The molecule has 6 rings (SSSR count). The highest BCUT2D eigenvalue weighted by Crippen LogP contribution is 2.33. The number of aromatic amines is 1. The van der Waals surface area contributed by atoms with Crippen LogP contribution in [-0.2, 0) is 0 Å². The van der Waals surface area contributed by atoms with E-state index in [0.29, 0.717) is 82.0 Å². The molecule has 13 nitrogen and oxygen atoms in total. The molecule has 0 fully saturated rings. The second kappa shape index (κ2) is 17.6. The molecule has 0 saturated carbocycles. The summed E-state index contributed by atoms with van der Waals surface area (Å²) < 4.78 is 0. The molecule has 0 radical (unpaired) electrons. The molecular weight excluding hydrogens is 721 g/mol. The average molecular weight is 765 g/mol. The fourth-order valence-corrected chi connectivity index (χ4v) is 6.69. The van der Waals surface area contributed by atoms with E-state index < -0.39 is 16.7 Å². The van der Waals surface area contributed by atoms with Crippen LogP contribution < -0.4 is 16.1 Å². The van der Waals surface area contributed by atoms with Crippen LogP contribution in [0.2, 0.25) is 0 Å². The normalized spacial score (nSPS) is 12.4. The molecule has 0 atom stereocenters. The van der Waals surface area contributed by atoms with Gasteiger partial charge in [0.25, 0.3) is 23.4 Å². The minimum absolute atomic E-state index is 0. The second-order valence-corrected chi connectivity index (χ2v) is 13.2. The first-order valence-electron chi connectivity index (χ1n) is 17.1. The van der Waals surface area contributed by atoms with Crippen molar-refractivity contribution < 1.29 is 19.3 Å². The van der Waals surface area contributed by atoms with Crippen LogP contribution in [0.1, 0.15) is 50.3 Å². The van der Waals surface area contributed by atoms with E-state index in [-0.39, 0.29) is 53.9 Å². The average Bonchev–Trinajstić information content (AvgIpc) is 3.11. The van der Waals surface area contributed by atoms with Crippen LogP contribution in [0.15, 0.2) is 71.5 Å². The molecule has 0 aliphatic carbocycles. The van der Waals surface area contributed by atoms with Crippen molar-refractivity contribution in [3.8, 4) is 0 Å². The van der Waals surface area contributed by atoms with Gasteiger partial charge in [-0.3, -0.25) is 34.2 Å². The summed E-state index contributed by atoms with van der Waals surface area (Å²) in [4.78, 5) is 73.2. The van der Waals surface area contributed by atoms with E-state index in [2.05, 4.69) is 25.4 Å². The fourth-order valence-electron chi connectivity index (χ4n) is 6.69. The highest BCUT2D eigenvalue weighted by Gasteiger charge is 2.34. The summed E-state index contributed by atoms with van der Waals surface area (Å²) in [5, 5.41) is 19.8. The minimum Gasteiger partial charge on any atom is -0.384 e. The van der Waals surface area contributed by atoms with Crippen molar-refractivity contribution >= 4 is 86.5 Å². The Morgan fingerprint density at radius 2 is 1.55 bits per heavy atom. The van der Waals surface area contributed by atoms with Gasteiger partial charge in [-0.05, 0) is 95.8 Å². The Labute approximate surface area is 318 Å². The smallest absolute Gasteiger partial charge is 0.270 e. The summed E-state index contributed by atoms with van der Waals surface area (Å²) >= 11 is 0. The Morgan fingerprint density at radius 3 is 2.30 bits per heavy atom. The van der Waals surface area contributed by atoms with Gasteiger partial charge in [0.05, 0.1) is 27.0 Å². The zero-order valence-corrected chi connectivity index (χ0v) is 31.4. The zero-order chi connectivity index (χ0) is 36.2. The number of carbonyl (C=O) groups is 3. The monoisotopic (exact) mass is 763 g/mol. The number of nitrogens with zero attached hydrogens (tertiary/aromatic N) is 4. The predicted octanol–water partition coefficient (Wildman–Crippen LogP) is 5.69. The molecule has 3 amide bonds. The van der Waals surface area contributed by atoms with Crippen molar-refractivity contribution in [2.24, 2.45) is 0 Å². The number of pyridine rings is 1. The van der Waals surface area contributed by atoms with Crippen molar-refractivity contribution in [2.45, 2.75) is 19.3 Å². The van der Waals surface area contributed by atoms with Crippen molar-refractivity contribution in [1.29, 1.82) is 0 Å². The van der Waals surface area contributed by atoms with E-state index in [0.717, 1.165) is 19.4 Å². The number of imide groups is 1. The van der Waals surface area contributed by atoms with Gasteiger partial charge in [-0.1, -0.05) is 24.3 Å². The minimum atomic E-state index is -0.536. The maximum atomic E-state index is 13.7. The van der Waals surface area contributed by atoms with Crippen LogP contribution in [0.3, 0.4) is 0 Å². The lowest BCUT2D eigenvalue weighted by Gasteiger charge is -2.27. The Hall–Kier alpha value is -5.08. The second-order valence-electron chi connectivity index (χ2n) is 13.2. The number of H-pyrrole nitrogens is 1. The summed E-state index contributed by atoms with van der Waals surface area (Å²) in [6.45, 7) is 3.41. The number of benzene rings is 4. The van der Waals surface area contributed by atoms with Gasteiger partial charge in [0.1, 0.15) is 0 Å². The topological polar surface area (TPSA) is 161 Å². The Balaban J connectivity index is 0.00000314. The Bertz CT molecular complexity index is 2240. The van der Waals surface area contributed by atoms with Crippen molar-refractivity contribution in [3.05, 3.63) is 104 Å². The quantitative estimate of drug-likeness (QED) is 0.0400.